The summed E-state index contributed by atoms with van der Waals surface area (Å²) < 4.78 is 5.28. The van der Waals surface area contributed by atoms with Crippen molar-refractivity contribution >= 4 is 17.7 Å². The van der Waals surface area contributed by atoms with Gasteiger partial charge in [-0.3, -0.25) is 0 Å². The summed E-state index contributed by atoms with van der Waals surface area (Å²) in [6, 6.07) is 7.23. The van der Waals surface area contributed by atoms with E-state index in [1.165, 1.54) is 6.42 Å². The van der Waals surface area contributed by atoms with Crippen molar-refractivity contribution in [1.82, 2.24) is 5.32 Å². The Hall–Kier alpha value is -1.26. The van der Waals surface area contributed by atoms with Crippen LogP contribution in [0.1, 0.15) is 43.8 Å². The van der Waals surface area contributed by atoms with Gasteiger partial charge >= 0.3 is 6.09 Å². The van der Waals surface area contributed by atoms with Crippen molar-refractivity contribution in [2.45, 2.75) is 44.2 Å². The monoisotopic (exact) mass is 297 g/mol. The largest absolute Gasteiger partial charge is 0.439 e. The lowest BCUT2D eigenvalue weighted by Crippen LogP contribution is -2.37. The molecule has 5 heteroatoms. The number of carbonyl (C=O) groups is 1. The zero-order valence-electron chi connectivity index (χ0n) is 11.3. The van der Waals surface area contributed by atoms with Crippen molar-refractivity contribution in [3.05, 3.63) is 34.9 Å². The van der Waals surface area contributed by atoms with E-state index in [1.54, 1.807) is 24.3 Å². The third-order valence-electron chi connectivity index (χ3n) is 3.59. The number of amides is 1. The standard InChI is InChI=1S/C15H20ClNO3/c16-13-9-5-4-8-12(13)14(10-18)20-15(19)17-11-6-2-1-3-7-11/h4-5,8-9,11,14,18H,1-3,6-7,10H2,(H,17,19). The number of hydrogen-bond acceptors (Lipinski definition) is 3. The van der Waals surface area contributed by atoms with Crippen molar-refractivity contribution in [2.75, 3.05) is 6.61 Å². The summed E-state index contributed by atoms with van der Waals surface area (Å²) in [5.41, 5.74) is 0.621. The summed E-state index contributed by atoms with van der Waals surface area (Å²) in [6.45, 7) is -0.290. The van der Waals surface area contributed by atoms with E-state index in [1.807, 2.05) is 0 Å². The summed E-state index contributed by atoms with van der Waals surface area (Å²) in [5.74, 6) is 0. The van der Waals surface area contributed by atoms with E-state index in [2.05, 4.69) is 5.32 Å². The Labute approximate surface area is 124 Å². The molecular weight excluding hydrogens is 278 g/mol. The van der Waals surface area contributed by atoms with Crippen molar-refractivity contribution in [3.63, 3.8) is 0 Å². The molecule has 1 saturated carbocycles. The molecule has 1 fully saturated rings. The molecule has 0 heterocycles. The molecule has 1 aliphatic rings. The van der Waals surface area contributed by atoms with Gasteiger partial charge < -0.3 is 15.2 Å². The molecule has 20 heavy (non-hydrogen) atoms. The average molecular weight is 298 g/mol. The second-order valence-electron chi connectivity index (χ2n) is 5.08. The van der Waals surface area contributed by atoms with Gasteiger partial charge in [-0.1, -0.05) is 49.1 Å². The lowest BCUT2D eigenvalue weighted by Gasteiger charge is -2.24. The highest BCUT2D eigenvalue weighted by molar-refractivity contribution is 6.31. The lowest BCUT2D eigenvalue weighted by atomic mass is 9.96. The molecule has 0 saturated heterocycles. The first kappa shape index (κ1) is 15.1. The zero-order chi connectivity index (χ0) is 14.4. The van der Waals surface area contributed by atoms with Crippen LogP contribution in [0.15, 0.2) is 24.3 Å². The van der Waals surface area contributed by atoms with Gasteiger partial charge in [-0.25, -0.2) is 4.79 Å². The van der Waals surface area contributed by atoms with Gasteiger partial charge in [0.05, 0.1) is 6.61 Å². The normalized spacial score (nSPS) is 17.5. The van der Waals surface area contributed by atoms with E-state index in [4.69, 9.17) is 16.3 Å². The minimum absolute atomic E-state index is 0.182. The second-order valence-corrected chi connectivity index (χ2v) is 5.48. The minimum Gasteiger partial charge on any atom is -0.439 e. The maximum absolute atomic E-state index is 11.9. The van der Waals surface area contributed by atoms with Gasteiger partial charge in [0.25, 0.3) is 0 Å². The fourth-order valence-electron chi connectivity index (χ4n) is 2.51. The molecule has 1 amide bonds. The highest BCUT2D eigenvalue weighted by Crippen LogP contribution is 2.25. The Kier molecular flexibility index (Phi) is 5.68. The predicted octanol–water partition coefficient (Wildman–Crippen LogP) is 3.43. The van der Waals surface area contributed by atoms with E-state index in [-0.39, 0.29) is 12.6 Å². The van der Waals surface area contributed by atoms with E-state index in [0.29, 0.717) is 10.6 Å². The molecular formula is C15H20ClNO3. The van der Waals surface area contributed by atoms with E-state index in [9.17, 15) is 9.90 Å². The van der Waals surface area contributed by atoms with Gasteiger partial charge in [0.2, 0.25) is 0 Å². The van der Waals surface area contributed by atoms with Crippen LogP contribution in [0.5, 0.6) is 0 Å². The number of alkyl carbamates (subject to hydrolysis) is 1. The van der Waals surface area contributed by atoms with Crippen molar-refractivity contribution in [2.24, 2.45) is 0 Å². The molecule has 0 bridgehead atoms. The zero-order valence-corrected chi connectivity index (χ0v) is 12.1. The third kappa shape index (κ3) is 4.12. The Morgan fingerprint density at radius 3 is 2.70 bits per heavy atom. The summed E-state index contributed by atoms with van der Waals surface area (Å²) in [4.78, 5) is 11.9. The fourth-order valence-corrected chi connectivity index (χ4v) is 2.77. The van der Waals surface area contributed by atoms with E-state index in [0.717, 1.165) is 25.7 Å². The fraction of sp³-hybridized carbons (Fsp3) is 0.533. The molecule has 4 nitrogen and oxygen atoms in total. The highest BCUT2D eigenvalue weighted by atomic mass is 35.5. The van der Waals surface area contributed by atoms with Gasteiger partial charge in [0.1, 0.15) is 0 Å². The topological polar surface area (TPSA) is 58.6 Å². The molecule has 0 radical (unpaired) electrons. The molecule has 1 aromatic carbocycles. The number of aliphatic hydroxyl groups is 1. The van der Waals surface area contributed by atoms with Crippen LogP contribution in [-0.2, 0) is 4.74 Å². The summed E-state index contributed by atoms with van der Waals surface area (Å²) in [6.07, 6.45) is 4.27. The first-order valence-electron chi connectivity index (χ1n) is 7.03. The van der Waals surface area contributed by atoms with Crippen LogP contribution in [0.2, 0.25) is 5.02 Å². The van der Waals surface area contributed by atoms with Crippen LogP contribution in [-0.4, -0.2) is 23.8 Å². The van der Waals surface area contributed by atoms with Crippen LogP contribution in [0.3, 0.4) is 0 Å². The average Bonchev–Trinajstić information content (AvgIpc) is 2.46. The SMILES string of the molecule is O=C(NC1CCCCC1)OC(CO)c1ccccc1Cl. The molecule has 1 aromatic rings. The maximum atomic E-state index is 11.9. The van der Waals surface area contributed by atoms with Gasteiger partial charge in [-0.15, -0.1) is 0 Å². The first-order chi connectivity index (χ1) is 9.70. The number of nitrogens with one attached hydrogen (secondary N) is 1. The van der Waals surface area contributed by atoms with Crippen molar-refractivity contribution < 1.29 is 14.6 Å². The number of hydrogen-bond donors (Lipinski definition) is 2. The Morgan fingerprint density at radius 1 is 1.35 bits per heavy atom. The van der Waals surface area contributed by atoms with Crippen LogP contribution >= 0.6 is 11.6 Å². The van der Waals surface area contributed by atoms with Gasteiger partial charge in [0, 0.05) is 16.6 Å². The van der Waals surface area contributed by atoms with Gasteiger partial charge in [-0.05, 0) is 18.9 Å². The van der Waals surface area contributed by atoms with Crippen LogP contribution in [0.4, 0.5) is 4.79 Å². The molecule has 1 atom stereocenters. The number of benzene rings is 1. The Bertz CT molecular complexity index is 446. The molecule has 2 N–H and O–H groups in total. The summed E-state index contributed by atoms with van der Waals surface area (Å²) >= 11 is 6.05. The van der Waals surface area contributed by atoms with E-state index < -0.39 is 12.2 Å². The summed E-state index contributed by atoms with van der Waals surface area (Å²) in [5, 5.41) is 12.7. The van der Waals surface area contributed by atoms with Crippen LogP contribution in [0, 0.1) is 0 Å². The van der Waals surface area contributed by atoms with Crippen LogP contribution < -0.4 is 5.32 Å². The maximum Gasteiger partial charge on any atom is 0.408 e. The Balaban J connectivity index is 1.92. The highest BCUT2D eigenvalue weighted by Gasteiger charge is 2.21. The summed E-state index contributed by atoms with van der Waals surface area (Å²) in [7, 11) is 0. The number of aliphatic hydroxyl groups excluding tert-OH is 1. The first-order valence-corrected chi connectivity index (χ1v) is 7.41. The number of carbonyl (C=O) groups excluding carboxylic acids is 1. The molecule has 110 valence electrons. The number of ether oxygens (including phenoxy) is 1. The molecule has 2 rings (SSSR count). The number of halogens is 1. The van der Waals surface area contributed by atoms with Crippen molar-refractivity contribution in [3.8, 4) is 0 Å². The van der Waals surface area contributed by atoms with E-state index >= 15 is 0 Å². The quantitative estimate of drug-likeness (QED) is 0.895. The van der Waals surface area contributed by atoms with Crippen molar-refractivity contribution in [1.29, 1.82) is 0 Å². The predicted molar refractivity (Wildman–Crippen MR) is 77.8 cm³/mol. The smallest absolute Gasteiger partial charge is 0.408 e. The second kappa shape index (κ2) is 7.50. The van der Waals surface area contributed by atoms with Crippen LogP contribution in [0.25, 0.3) is 0 Å². The number of rotatable bonds is 4. The molecule has 1 aliphatic carbocycles. The van der Waals surface area contributed by atoms with Gasteiger partial charge in [0.15, 0.2) is 6.10 Å². The molecule has 0 aliphatic heterocycles. The third-order valence-corrected chi connectivity index (χ3v) is 3.94. The molecule has 1 unspecified atom stereocenters. The lowest BCUT2D eigenvalue weighted by molar-refractivity contribution is 0.0542. The van der Waals surface area contributed by atoms with Gasteiger partial charge in [-0.2, -0.15) is 0 Å². The minimum atomic E-state index is -0.729. The molecule has 0 aromatic heterocycles. The molecule has 0 spiro atoms. The Morgan fingerprint density at radius 2 is 2.05 bits per heavy atom.